The summed E-state index contributed by atoms with van der Waals surface area (Å²) in [5.41, 5.74) is 2.56. The van der Waals surface area contributed by atoms with Crippen LogP contribution in [0.4, 0.5) is 0 Å². The van der Waals surface area contributed by atoms with E-state index in [0.29, 0.717) is 12.1 Å². The van der Waals surface area contributed by atoms with E-state index in [1.807, 2.05) is 18.2 Å². The highest BCUT2D eigenvalue weighted by molar-refractivity contribution is 5.94. The Morgan fingerprint density at radius 1 is 1.37 bits per heavy atom. The summed E-state index contributed by atoms with van der Waals surface area (Å²) in [6, 6.07) is 5.88. The average Bonchev–Trinajstić information content (AvgIpc) is 2.42. The van der Waals surface area contributed by atoms with Gasteiger partial charge in [-0.25, -0.2) is 0 Å². The number of hydrogen-bond acceptors (Lipinski definition) is 3. The van der Waals surface area contributed by atoms with Gasteiger partial charge in [0, 0.05) is 18.7 Å². The van der Waals surface area contributed by atoms with Gasteiger partial charge in [0.05, 0.1) is 5.60 Å². The lowest BCUT2D eigenvalue weighted by Crippen LogP contribution is -2.47. The third kappa shape index (κ3) is 2.65. The Labute approximate surface area is 113 Å². The highest BCUT2D eigenvalue weighted by Crippen LogP contribution is 2.30. The topological polar surface area (TPSA) is 61.4 Å². The number of hydrogen-bond donors (Lipinski definition) is 3. The summed E-state index contributed by atoms with van der Waals surface area (Å²) < 4.78 is 0. The maximum Gasteiger partial charge on any atom is 0.251 e. The van der Waals surface area contributed by atoms with Gasteiger partial charge in [0.2, 0.25) is 0 Å². The molecule has 4 heteroatoms. The molecular formula is C15H20N2O2. The highest BCUT2D eigenvalue weighted by atomic mass is 16.3. The summed E-state index contributed by atoms with van der Waals surface area (Å²) >= 11 is 0. The molecule has 1 amide bonds. The predicted octanol–water partition coefficient (Wildman–Crippen LogP) is 0.977. The van der Waals surface area contributed by atoms with Crippen LogP contribution in [0.15, 0.2) is 18.2 Å². The Kier molecular flexibility index (Phi) is 3.29. The van der Waals surface area contributed by atoms with Gasteiger partial charge in [-0.05, 0) is 55.5 Å². The van der Waals surface area contributed by atoms with E-state index in [-0.39, 0.29) is 5.91 Å². The van der Waals surface area contributed by atoms with Gasteiger partial charge in [0.15, 0.2) is 0 Å². The van der Waals surface area contributed by atoms with Crippen molar-refractivity contribution in [3.8, 4) is 0 Å². The summed E-state index contributed by atoms with van der Waals surface area (Å²) in [6.07, 6.45) is 3.66. The number of amides is 1. The van der Waals surface area contributed by atoms with E-state index in [1.165, 1.54) is 11.1 Å². The number of benzene rings is 1. The summed E-state index contributed by atoms with van der Waals surface area (Å²) in [4.78, 5) is 12.1. The lowest BCUT2D eigenvalue weighted by molar-refractivity contribution is -0.0300. The maximum atomic E-state index is 12.1. The standard InChI is InChI=1S/C15H20N2O2/c18-14(17-10-15(19)5-1-6-15)12-3-2-11-4-7-16-9-13(11)8-12/h2-3,8,16,19H,1,4-7,9-10H2,(H,17,18). The largest absolute Gasteiger partial charge is 0.388 e. The molecule has 2 aliphatic rings. The van der Waals surface area contributed by atoms with Crippen molar-refractivity contribution in [2.75, 3.05) is 13.1 Å². The summed E-state index contributed by atoms with van der Waals surface area (Å²) in [5, 5.41) is 16.1. The molecule has 1 heterocycles. The fourth-order valence-electron chi connectivity index (χ4n) is 2.73. The van der Waals surface area contributed by atoms with Gasteiger partial charge < -0.3 is 15.7 Å². The molecule has 0 spiro atoms. The fraction of sp³-hybridized carbons (Fsp3) is 0.533. The fourth-order valence-corrected chi connectivity index (χ4v) is 2.73. The number of carbonyl (C=O) groups excluding carboxylic acids is 1. The first-order chi connectivity index (χ1) is 9.16. The molecular weight excluding hydrogens is 240 g/mol. The normalized spacial score (nSPS) is 20.3. The van der Waals surface area contributed by atoms with E-state index in [2.05, 4.69) is 10.6 Å². The monoisotopic (exact) mass is 260 g/mol. The number of fused-ring (bicyclic) bond motifs is 1. The molecule has 0 unspecified atom stereocenters. The summed E-state index contributed by atoms with van der Waals surface area (Å²) in [7, 11) is 0. The van der Waals surface area contributed by atoms with Crippen LogP contribution in [0.3, 0.4) is 0 Å². The smallest absolute Gasteiger partial charge is 0.251 e. The van der Waals surface area contributed by atoms with Crippen molar-refractivity contribution < 1.29 is 9.90 Å². The van der Waals surface area contributed by atoms with Gasteiger partial charge >= 0.3 is 0 Å². The van der Waals surface area contributed by atoms with E-state index < -0.39 is 5.60 Å². The molecule has 1 saturated carbocycles. The van der Waals surface area contributed by atoms with Crippen LogP contribution in [-0.2, 0) is 13.0 Å². The highest BCUT2D eigenvalue weighted by Gasteiger charge is 2.34. The Morgan fingerprint density at radius 3 is 2.95 bits per heavy atom. The number of carbonyl (C=O) groups is 1. The Bertz CT molecular complexity index is 495. The van der Waals surface area contributed by atoms with Gasteiger partial charge in [-0.3, -0.25) is 4.79 Å². The maximum absolute atomic E-state index is 12.1. The van der Waals surface area contributed by atoms with E-state index in [1.54, 1.807) is 0 Å². The quantitative estimate of drug-likeness (QED) is 0.759. The van der Waals surface area contributed by atoms with E-state index in [9.17, 15) is 9.90 Å². The van der Waals surface area contributed by atoms with E-state index in [0.717, 1.165) is 38.8 Å². The van der Waals surface area contributed by atoms with Crippen LogP contribution in [0.5, 0.6) is 0 Å². The van der Waals surface area contributed by atoms with Crippen molar-refractivity contribution >= 4 is 5.91 Å². The minimum Gasteiger partial charge on any atom is -0.388 e. The second-order valence-electron chi connectivity index (χ2n) is 5.67. The molecule has 4 nitrogen and oxygen atoms in total. The first-order valence-corrected chi connectivity index (χ1v) is 6.99. The van der Waals surface area contributed by atoms with Crippen LogP contribution in [0, 0.1) is 0 Å². The summed E-state index contributed by atoms with van der Waals surface area (Å²) in [6.45, 7) is 2.20. The number of nitrogens with one attached hydrogen (secondary N) is 2. The molecule has 0 saturated heterocycles. The van der Waals surface area contributed by atoms with Gasteiger partial charge in [-0.15, -0.1) is 0 Å². The van der Waals surface area contributed by atoms with Crippen LogP contribution in [0.25, 0.3) is 0 Å². The van der Waals surface area contributed by atoms with Crippen LogP contribution >= 0.6 is 0 Å². The molecule has 1 aromatic rings. The number of rotatable bonds is 3. The molecule has 0 atom stereocenters. The molecule has 19 heavy (non-hydrogen) atoms. The third-order valence-electron chi connectivity index (χ3n) is 4.22. The van der Waals surface area contributed by atoms with Crippen LogP contribution < -0.4 is 10.6 Å². The van der Waals surface area contributed by atoms with Gasteiger partial charge in [-0.2, -0.15) is 0 Å². The van der Waals surface area contributed by atoms with Crippen LogP contribution in [0.2, 0.25) is 0 Å². The van der Waals surface area contributed by atoms with Crippen molar-refractivity contribution in [2.24, 2.45) is 0 Å². The molecule has 0 aromatic heterocycles. The van der Waals surface area contributed by atoms with E-state index in [4.69, 9.17) is 0 Å². The average molecular weight is 260 g/mol. The zero-order valence-corrected chi connectivity index (χ0v) is 11.0. The zero-order valence-electron chi connectivity index (χ0n) is 11.0. The van der Waals surface area contributed by atoms with Crippen molar-refractivity contribution in [3.63, 3.8) is 0 Å². The Morgan fingerprint density at radius 2 is 2.21 bits per heavy atom. The lowest BCUT2D eigenvalue weighted by atomic mass is 9.80. The Hall–Kier alpha value is -1.39. The molecule has 3 N–H and O–H groups in total. The van der Waals surface area contributed by atoms with E-state index >= 15 is 0 Å². The molecule has 0 bridgehead atoms. The zero-order chi connectivity index (χ0) is 13.3. The van der Waals surface area contributed by atoms with Crippen LogP contribution in [0.1, 0.15) is 40.7 Å². The molecule has 0 radical (unpaired) electrons. The molecule has 1 fully saturated rings. The molecule has 3 rings (SSSR count). The molecule has 1 aromatic carbocycles. The second-order valence-corrected chi connectivity index (χ2v) is 5.67. The van der Waals surface area contributed by atoms with Crippen LogP contribution in [-0.4, -0.2) is 29.7 Å². The third-order valence-corrected chi connectivity index (χ3v) is 4.22. The SMILES string of the molecule is O=C(NCC1(O)CCC1)c1ccc2c(c1)CNCC2. The predicted molar refractivity (Wildman–Crippen MR) is 73.0 cm³/mol. The summed E-state index contributed by atoms with van der Waals surface area (Å²) in [5.74, 6) is -0.0892. The minimum absolute atomic E-state index is 0.0892. The lowest BCUT2D eigenvalue weighted by Gasteiger charge is -2.36. The van der Waals surface area contributed by atoms with Crippen molar-refractivity contribution in [3.05, 3.63) is 34.9 Å². The van der Waals surface area contributed by atoms with Crippen molar-refractivity contribution in [2.45, 2.75) is 37.8 Å². The molecule has 102 valence electrons. The Balaban J connectivity index is 1.66. The van der Waals surface area contributed by atoms with Crippen molar-refractivity contribution in [1.82, 2.24) is 10.6 Å². The first-order valence-electron chi connectivity index (χ1n) is 6.99. The van der Waals surface area contributed by atoms with Crippen molar-refractivity contribution in [1.29, 1.82) is 0 Å². The van der Waals surface area contributed by atoms with Gasteiger partial charge in [-0.1, -0.05) is 6.07 Å². The first kappa shape index (κ1) is 12.6. The number of aliphatic hydroxyl groups is 1. The molecule has 1 aliphatic heterocycles. The van der Waals surface area contributed by atoms with Gasteiger partial charge in [0.1, 0.15) is 0 Å². The van der Waals surface area contributed by atoms with Gasteiger partial charge in [0.25, 0.3) is 5.91 Å². The molecule has 1 aliphatic carbocycles. The minimum atomic E-state index is -0.661. The second kappa shape index (κ2) is 4.94.